The molecule has 2 atom stereocenters. The molecule has 0 aromatic heterocycles. The minimum absolute atomic E-state index is 0.0411. The van der Waals surface area contributed by atoms with Crippen LogP contribution in [0, 0.1) is 11.8 Å². The quantitative estimate of drug-likeness (QED) is 0.875. The van der Waals surface area contributed by atoms with E-state index in [4.69, 9.17) is 15.2 Å². The summed E-state index contributed by atoms with van der Waals surface area (Å²) in [5.41, 5.74) is 6.48. The molecule has 1 fully saturated rings. The topological polar surface area (TPSA) is 64.8 Å². The summed E-state index contributed by atoms with van der Waals surface area (Å²) in [6.45, 7) is 9.30. The minimum atomic E-state index is 0.0411. The van der Waals surface area contributed by atoms with Crippen molar-refractivity contribution in [3.63, 3.8) is 0 Å². The van der Waals surface area contributed by atoms with E-state index in [9.17, 15) is 4.79 Å². The number of likely N-dealkylation sites (tertiary alicyclic amines) is 1. The Bertz CT molecular complexity index is 533. The van der Waals surface area contributed by atoms with Gasteiger partial charge < -0.3 is 20.1 Å². The number of carbonyl (C=O) groups excluding carboxylic acids is 1. The van der Waals surface area contributed by atoms with Crippen molar-refractivity contribution in [2.75, 3.05) is 32.8 Å². The van der Waals surface area contributed by atoms with E-state index in [0.29, 0.717) is 48.7 Å². The first kappa shape index (κ1) is 17.6. The zero-order valence-electron chi connectivity index (χ0n) is 14.4. The van der Waals surface area contributed by atoms with E-state index in [1.54, 1.807) is 6.07 Å². The Kier molecular flexibility index (Phi) is 6.28. The van der Waals surface area contributed by atoms with Gasteiger partial charge in [0, 0.05) is 18.7 Å². The van der Waals surface area contributed by atoms with Crippen LogP contribution in [0.25, 0.3) is 0 Å². The maximum absolute atomic E-state index is 12.8. The summed E-state index contributed by atoms with van der Waals surface area (Å²) >= 11 is 0. The van der Waals surface area contributed by atoms with E-state index in [2.05, 4.69) is 6.92 Å². The van der Waals surface area contributed by atoms with E-state index in [0.717, 1.165) is 19.5 Å². The number of hydrogen-bond acceptors (Lipinski definition) is 4. The maximum atomic E-state index is 12.8. The average Bonchev–Trinajstić information content (AvgIpc) is 2.56. The molecule has 2 rings (SSSR count). The summed E-state index contributed by atoms with van der Waals surface area (Å²) in [5, 5.41) is 0. The van der Waals surface area contributed by atoms with Gasteiger partial charge >= 0.3 is 0 Å². The fourth-order valence-corrected chi connectivity index (χ4v) is 3.01. The molecular weight excluding hydrogens is 292 g/mol. The third kappa shape index (κ3) is 4.16. The van der Waals surface area contributed by atoms with Gasteiger partial charge in [0.05, 0.1) is 13.2 Å². The number of nitrogens with two attached hydrogens (primary N) is 1. The van der Waals surface area contributed by atoms with E-state index < -0.39 is 0 Å². The molecule has 23 heavy (non-hydrogen) atoms. The van der Waals surface area contributed by atoms with Crippen LogP contribution < -0.4 is 15.2 Å². The molecule has 1 saturated heterocycles. The summed E-state index contributed by atoms with van der Waals surface area (Å²) < 4.78 is 11.2. The summed E-state index contributed by atoms with van der Waals surface area (Å²) in [7, 11) is 0. The van der Waals surface area contributed by atoms with E-state index >= 15 is 0 Å². The van der Waals surface area contributed by atoms with Crippen molar-refractivity contribution in [2.45, 2.75) is 27.2 Å². The SMILES string of the molecule is CCOc1ccc(C(=O)N2CCC(C)C(CN)C2)cc1OCC. The molecule has 0 spiro atoms. The molecule has 0 bridgehead atoms. The molecule has 1 aromatic carbocycles. The lowest BCUT2D eigenvalue weighted by Crippen LogP contribution is -2.45. The lowest BCUT2D eigenvalue weighted by atomic mass is 9.87. The first-order valence-electron chi connectivity index (χ1n) is 8.49. The molecule has 2 N–H and O–H groups in total. The first-order chi connectivity index (χ1) is 11.1. The monoisotopic (exact) mass is 320 g/mol. The second-order valence-electron chi connectivity index (χ2n) is 6.04. The molecule has 5 nitrogen and oxygen atoms in total. The standard InChI is InChI=1S/C18H28N2O3/c1-4-22-16-7-6-14(10-17(16)23-5-2)18(21)20-9-8-13(3)15(11-19)12-20/h6-7,10,13,15H,4-5,8-9,11-12,19H2,1-3H3. The molecule has 1 heterocycles. The number of carbonyl (C=O) groups is 1. The number of piperidine rings is 1. The molecular formula is C18H28N2O3. The van der Waals surface area contributed by atoms with Gasteiger partial charge in [-0.3, -0.25) is 4.79 Å². The van der Waals surface area contributed by atoms with Gasteiger partial charge in [-0.05, 0) is 56.8 Å². The Balaban J connectivity index is 2.17. The summed E-state index contributed by atoms with van der Waals surface area (Å²) in [4.78, 5) is 14.7. The van der Waals surface area contributed by atoms with Crippen LogP contribution in [0.1, 0.15) is 37.6 Å². The van der Waals surface area contributed by atoms with Gasteiger partial charge in [-0.15, -0.1) is 0 Å². The first-order valence-corrected chi connectivity index (χ1v) is 8.49. The van der Waals surface area contributed by atoms with Crippen LogP contribution in [0.3, 0.4) is 0 Å². The second-order valence-corrected chi connectivity index (χ2v) is 6.04. The lowest BCUT2D eigenvalue weighted by molar-refractivity contribution is 0.0618. The third-order valence-electron chi connectivity index (χ3n) is 4.49. The highest BCUT2D eigenvalue weighted by atomic mass is 16.5. The van der Waals surface area contributed by atoms with Gasteiger partial charge in [0.15, 0.2) is 11.5 Å². The highest BCUT2D eigenvalue weighted by molar-refractivity contribution is 5.95. The van der Waals surface area contributed by atoms with Crippen LogP contribution >= 0.6 is 0 Å². The maximum Gasteiger partial charge on any atom is 0.254 e. The number of hydrogen-bond donors (Lipinski definition) is 1. The number of rotatable bonds is 6. The molecule has 0 radical (unpaired) electrons. The van der Waals surface area contributed by atoms with Gasteiger partial charge in [-0.1, -0.05) is 6.92 Å². The predicted octanol–water partition coefficient (Wildman–Crippen LogP) is 2.54. The van der Waals surface area contributed by atoms with E-state index in [1.165, 1.54) is 0 Å². The Morgan fingerprint density at radius 2 is 1.96 bits per heavy atom. The number of benzene rings is 1. The van der Waals surface area contributed by atoms with Gasteiger partial charge in [-0.2, -0.15) is 0 Å². The molecule has 2 unspecified atom stereocenters. The summed E-state index contributed by atoms with van der Waals surface area (Å²) in [6.07, 6.45) is 1.00. The summed E-state index contributed by atoms with van der Waals surface area (Å²) in [6, 6.07) is 5.41. The Labute approximate surface area is 138 Å². The minimum Gasteiger partial charge on any atom is -0.490 e. The number of amides is 1. The largest absolute Gasteiger partial charge is 0.490 e. The van der Waals surface area contributed by atoms with Crippen molar-refractivity contribution in [3.8, 4) is 11.5 Å². The highest BCUT2D eigenvalue weighted by Crippen LogP contribution is 2.30. The zero-order valence-corrected chi connectivity index (χ0v) is 14.4. The summed E-state index contributed by atoms with van der Waals surface area (Å²) in [5.74, 6) is 2.29. The Hall–Kier alpha value is -1.75. The van der Waals surface area contributed by atoms with Crippen LogP contribution in [-0.4, -0.2) is 43.7 Å². The van der Waals surface area contributed by atoms with Gasteiger partial charge in [0.25, 0.3) is 5.91 Å². The normalized spacial score (nSPS) is 21.1. The van der Waals surface area contributed by atoms with Crippen LogP contribution in [-0.2, 0) is 0 Å². The van der Waals surface area contributed by atoms with Gasteiger partial charge in [-0.25, -0.2) is 0 Å². The molecule has 0 aliphatic carbocycles. The molecule has 0 saturated carbocycles. The highest BCUT2D eigenvalue weighted by Gasteiger charge is 2.28. The fraction of sp³-hybridized carbons (Fsp3) is 0.611. The van der Waals surface area contributed by atoms with Crippen molar-refractivity contribution in [1.82, 2.24) is 4.90 Å². The van der Waals surface area contributed by atoms with E-state index in [-0.39, 0.29) is 5.91 Å². The molecule has 1 aliphatic heterocycles. The molecule has 1 aliphatic rings. The predicted molar refractivity (Wildman–Crippen MR) is 91.0 cm³/mol. The molecule has 1 aromatic rings. The van der Waals surface area contributed by atoms with E-state index in [1.807, 2.05) is 30.9 Å². The van der Waals surface area contributed by atoms with Crippen LogP contribution in [0.5, 0.6) is 11.5 Å². The molecule has 1 amide bonds. The lowest BCUT2D eigenvalue weighted by Gasteiger charge is -2.36. The smallest absolute Gasteiger partial charge is 0.254 e. The fourth-order valence-electron chi connectivity index (χ4n) is 3.01. The van der Waals surface area contributed by atoms with Crippen LogP contribution in [0.4, 0.5) is 0 Å². The molecule has 128 valence electrons. The Morgan fingerprint density at radius 1 is 1.26 bits per heavy atom. The average molecular weight is 320 g/mol. The van der Waals surface area contributed by atoms with Crippen molar-refractivity contribution in [2.24, 2.45) is 17.6 Å². The number of nitrogens with zero attached hydrogens (tertiary/aromatic N) is 1. The van der Waals surface area contributed by atoms with Crippen molar-refractivity contribution in [1.29, 1.82) is 0 Å². The number of ether oxygens (including phenoxy) is 2. The zero-order chi connectivity index (χ0) is 16.8. The van der Waals surface area contributed by atoms with Crippen molar-refractivity contribution in [3.05, 3.63) is 23.8 Å². The molecule has 5 heteroatoms. The van der Waals surface area contributed by atoms with Crippen LogP contribution in [0.2, 0.25) is 0 Å². The van der Waals surface area contributed by atoms with Gasteiger partial charge in [0.2, 0.25) is 0 Å². The van der Waals surface area contributed by atoms with Gasteiger partial charge in [0.1, 0.15) is 0 Å². The van der Waals surface area contributed by atoms with Crippen molar-refractivity contribution >= 4 is 5.91 Å². The third-order valence-corrected chi connectivity index (χ3v) is 4.49. The Morgan fingerprint density at radius 3 is 2.61 bits per heavy atom. The van der Waals surface area contributed by atoms with Crippen LogP contribution in [0.15, 0.2) is 18.2 Å². The van der Waals surface area contributed by atoms with Crippen molar-refractivity contribution < 1.29 is 14.3 Å². The second kappa shape index (κ2) is 8.20.